The average molecular weight is 254 g/mol. The summed E-state index contributed by atoms with van der Waals surface area (Å²) in [5.41, 5.74) is 0.0574. The molecule has 1 aliphatic carbocycles. The molecule has 1 saturated carbocycles. The summed E-state index contributed by atoms with van der Waals surface area (Å²) < 4.78 is 0. The van der Waals surface area contributed by atoms with E-state index in [1.165, 1.54) is 0 Å². The smallest absolute Gasteiger partial charge is 0.315 e. The number of carbonyl (C=O) groups is 1. The monoisotopic (exact) mass is 253 g/mol. The van der Waals surface area contributed by atoms with Gasteiger partial charge in [-0.1, -0.05) is 37.6 Å². The van der Waals surface area contributed by atoms with Crippen LogP contribution >= 0.6 is 11.6 Å². The van der Waals surface area contributed by atoms with E-state index in [0.29, 0.717) is 11.4 Å². The van der Waals surface area contributed by atoms with Gasteiger partial charge in [-0.15, -0.1) is 0 Å². The highest BCUT2D eigenvalue weighted by atomic mass is 35.5. The highest BCUT2D eigenvalue weighted by Crippen LogP contribution is 2.49. The van der Waals surface area contributed by atoms with Crippen LogP contribution < -0.4 is 5.32 Å². The van der Waals surface area contributed by atoms with Gasteiger partial charge >= 0.3 is 5.97 Å². The fraction of sp³-hybridized carbons (Fsp3) is 0.462. The van der Waals surface area contributed by atoms with Crippen LogP contribution in [-0.4, -0.2) is 23.2 Å². The quantitative estimate of drug-likeness (QED) is 0.867. The molecule has 1 aromatic carbocycles. The van der Waals surface area contributed by atoms with Gasteiger partial charge in [-0.3, -0.25) is 4.79 Å². The maximum atomic E-state index is 11.5. The molecule has 0 radical (unpaired) electrons. The summed E-state index contributed by atoms with van der Waals surface area (Å²) in [7, 11) is 0. The van der Waals surface area contributed by atoms with E-state index in [1.807, 2.05) is 13.8 Å². The highest BCUT2D eigenvalue weighted by Gasteiger charge is 2.61. The minimum absolute atomic E-state index is 0.0150. The minimum Gasteiger partial charge on any atom is -0.481 e. The third kappa shape index (κ3) is 2.17. The van der Waals surface area contributed by atoms with Gasteiger partial charge in [-0.2, -0.15) is 0 Å². The third-order valence-electron chi connectivity index (χ3n) is 3.24. The summed E-state index contributed by atoms with van der Waals surface area (Å²) >= 11 is 5.82. The predicted octanol–water partition coefficient (Wildman–Crippen LogP) is 2.43. The van der Waals surface area contributed by atoms with Crippen LogP contribution in [0.5, 0.6) is 0 Å². The van der Waals surface area contributed by atoms with Gasteiger partial charge in [0.1, 0.15) is 5.41 Å². The molecule has 3 nitrogen and oxygen atoms in total. The fourth-order valence-electron chi connectivity index (χ4n) is 2.29. The largest absolute Gasteiger partial charge is 0.481 e. The van der Waals surface area contributed by atoms with Gasteiger partial charge in [0.25, 0.3) is 0 Å². The van der Waals surface area contributed by atoms with Crippen molar-refractivity contribution >= 4 is 17.6 Å². The molecule has 2 unspecified atom stereocenters. The topological polar surface area (TPSA) is 49.3 Å². The second-order valence-corrected chi connectivity index (χ2v) is 5.30. The molecule has 92 valence electrons. The van der Waals surface area contributed by atoms with Crippen molar-refractivity contribution in [3.8, 4) is 0 Å². The second-order valence-electron chi connectivity index (χ2n) is 4.86. The zero-order valence-corrected chi connectivity index (χ0v) is 10.7. The first-order valence-electron chi connectivity index (χ1n) is 5.72. The Kier molecular flexibility index (Phi) is 3.15. The second kappa shape index (κ2) is 4.31. The number of hydrogen-bond acceptors (Lipinski definition) is 2. The van der Waals surface area contributed by atoms with E-state index in [-0.39, 0.29) is 12.1 Å². The lowest BCUT2D eigenvalue weighted by Crippen LogP contribution is -2.35. The van der Waals surface area contributed by atoms with E-state index in [9.17, 15) is 9.90 Å². The molecular weight excluding hydrogens is 238 g/mol. The molecule has 1 aliphatic rings. The number of benzene rings is 1. The Labute approximate surface area is 106 Å². The molecule has 0 aliphatic heterocycles. The third-order valence-corrected chi connectivity index (χ3v) is 3.49. The molecule has 2 atom stereocenters. The normalized spacial score (nSPS) is 27.2. The molecular formula is C13H16ClNO2. The number of hydrogen-bond donors (Lipinski definition) is 2. The summed E-state index contributed by atoms with van der Waals surface area (Å²) in [6.07, 6.45) is 0.641. The lowest BCUT2D eigenvalue weighted by atomic mass is 9.95. The van der Waals surface area contributed by atoms with Crippen molar-refractivity contribution in [3.05, 3.63) is 34.9 Å². The van der Waals surface area contributed by atoms with Crippen LogP contribution in [0.15, 0.2) is 24.3 Å². The van der Waals surface area contributed by atoms with Gasteiger partial charge in [0, 0.05) is 17.1 Å². The Balaban J connectivity index is 2.26. The molecule has 17 heavy (non-hydrogen) atoms. The predicted molar refractivity (Wildman–Crippen MR) is 67.4 cm³/mol. The van der Waals surface area contributed by atoms with Gasteiger partial charge in [-0.25, -0.2) is 0 Å². The number of aliphatic carboxylic acids is 1. The molecule has 0 amide bonds. The first kappa shape index (κ1) is 12.4. The van der Waals surface area contributed by atoms with E-state index >= 15 is 0 Å². The van der Waals surface area contributed by atoms with Crippen molar-refractivity contribution < 1.29 is 9.90 Å². The van der Waals surface area contributed by atoms with E-state index < -0.39 is 11.4 Å². The van der Waals surface area contributed by atoms with Gasteiger partial charge in [-0.05, 0) is 24.1 Å². The first-order chi connectivity index (χ1) is 7.96. The van der Waals surface area contributed by atoms with Crippen molar-refractivity contribution in [2.45, 2.75) is 37.8 Å². The van der Waals surface area contributed by atoms with Gasteiger partial charge < -0.3 is 10.4 Å². The Hall–Kier alpha value is -1.06. The van der Waals surface area contributed by atoms with Crippen LogP contribution in [0.3, 0.4) is 0 Å². The van der Waals surface area contributed by atoms with Crippen molar-refractivity contribution in [1.82, 2.24) is 5.32 Å². The summed E-state index contributed by atoms with van der Waals surface area (Å²) in [4.78, 5) is 11.5. The molecule has 0 heterocycles. The van der Waals surface area contributed by atoms with Gasteiger partial charge in [0.15, 0.2) is 0 Å². The summed E-state index contributed by atoms with van der Waals surface area (Å²) in [5.74, 6) is -0.766. The van der Waals surface area contributed by atoms with Crippen LogP contribution in [0.4, 0.5) is 0 Å². The molecule has 0 bridgehead atoms. The molecule has 2 rings (SSSR count). The lowest BCUT2D eigenvalue weighted by molar-refractivity contribution is -0.140. The Morgan fingerprint density at radius 3 is 2.53 bits per heavy atom. The van der Waals surface area contributed by atoms with Crippen molar-refractivity contribution in [2.75, 3.05) is 0 Å². The van der Waals surface area contributed by atoms with E-state index in [4.69, 9.17) is 11.6 Å². The van der Waals surface area contributed by atoms with Gasteiger partial charge in [0.05, 0.1) is 0 Å². The maximum absolute atomic E-state index is 11.5. The fourth-order valence-corrected chi connectivity index (χ4v) is 2.42. The van der Waals surface area contributed by atoms with E-state index in [1.54, 1.807) is 24.3 Å². The Morgan fingerprint density at radius 2 is 2.06 bits per heavy atom. The average Bonchev–Trinajstić information content (AvgIpc) is 2.93. The Bertz CT molecular complexity index is 430. The summed E-state index contributed by atoms with van der Waals surface area (Å²) in [6.45, 7) is 4.04. The maximum Gasteiger partial charge on any atom is 0.315 e. The first-order valence-corrected chi connectivity index (χ1v) is 6.10. The summed E-state index contributed by atoms with van der Waals surface area (Å²) in [6, 6.07) is 7.39. The number of nitrogens with one attached hydrogen (secondary N) is 1. The Morgan fingerprint density at radius 1 is 1.47 bits per heavy atom. The molecule has 0 spiro atoms. The zero-order valence-electron chi connectivity index (χ0n) is 9.90. The standard InChI is InChI=1S/C13H16ClNO2/c1-8(2)15-11-7-13(11,12(16)17)9-3-5-10(14)6-4-9/h3-6,8,11,15H,7H2,1-2H3,(H,16,17). The molecule has 1 aromatic rings. The number of carboxylic acids is 1. The number of carboxylic acid groups (broad SMARTS) is 1. The van der Waals surface area contributed by atoms with Crippen LogP contribution in [0, 0.1) is 0 Å². The number of halogens is 1. The SMILES string of the molecule is CC(C)NC1CC1(C(=O)O)c1ccc(Cl)cc1. The van der Waals surface area contributed by atoms with Crippen molar-refractivity contribution in [3.63, 3.8) is 0 Å². The highest BCUT2D eigenvalue weighted by molar-refractivity contribution is 6.30. The molecule has 4 heteroatoms. The van der Waals surface area contributed by atoms with Crippen LogP contribution in [0.1, 0.15) is 25.8 Å². The minimum atomic E-state index is -0.769. The van der Waals surface area contributed by atoms with Crippen molar-refractivity contribution in [1.29, 1.82) is 0 Å². The molecule has 0 aromatic heterocycles. The summed E-state index contributed by atoms with van der Waals surface area (Å²) in [5, 5.41) is 13.4. The van der Waals surface area contributed by atoms with Crippen LogP contribution in [0.2, 0.25) is 5.02 Å². The van der Waals surface area contributed by atoms with Crippen LogP contribution in [0.25, 0.3) is 0 Å². The van der Waals surface area contributed by atoms with Crippen LogP contribution in [-0.2, 0) is 10.2 Å². The molecule has 2 N–H and O–H groups in total. The zero-order chi connectivity index (χ0) is 12.6. The molecule has 1 fully saturated rings. The lowest BCUT2D eigenvalue weighted by Gasteiger charge is -2.15. The van der Waals surface area contributed by atoms with Gasteiger partial charge in [0.2, 0.25) is 0 Å². The van der Waals surface area contributed by atoms with E-state index in [0.717, 1.165) is 5.56 Å². The van der Waals surface area contributed by atoms with E-state index in [2.05, 4.69) is 5.32 Å². The molecule has 0 saturated heterocycles. The van der Waals surface area contributed by atoms with Crippen molar-refractivity contribution in [2.24, 2.45) is 0 Å². The number of rotatable bonds is 4.